The number of hydrogen-bond acceptors (Lipinski definition) is 5. The molecule has 2 fully saturated rings. The van der Waals surface area contributed by atoms with Gasteiger partial charge in [-0.15, -0.1) is 5.10 Å². The molecule has 2 amide bonds. The van der Waals surface area contributed by atoms with Crippen molar-refractivity contribution < 1.29 is 4.79 Å². The standard InChI is InChI=1S/C18H25N7O/c26-18(21-16-7-5-8-19-17(16)23-10-3-4-11-23)25-12-2-1-6-15(25)14-24-13-9-20-22-24/h5,7-9,13,15H,1-4,6,10-12,14H2,(H,21,26)/t15-/m1/s1. The molecule has 138 valence electrons. The summed E-state index contributed by atoms with van der Waals surface area (Å²) in [6.07, 6.45) is 10.8. The van der Waals surface area contributed by atoms with Gasteiger partial charge >= 0.3 is 6.03 Å². The number of anilines is 2. The fraction of sp³-hybridized carbons (Fsp3) is 0.556. The molecule has 4 rings (SSSR count). The van der Waals surface area contributed by atoms with Crippen LogP contribution in [0.4, 0.5) is 16.3 Å². The smallest absolute Gasteiger partial charge is 0.322 e. The molecule has 0 unspecified atom stereocenters. The highest BCUT2D eigenvalue weighted by Gasteiger charge is 2.28. The Morgan fingerprint density at radius 3 is 2.81 bits per heavy atom. The Balaban J connectivity index is 1.48. The monoisotopic (exact) mass is 355 g/mol. The molecule has 1 atom stereocenters. The molecule has 0 aromatic carbocycles. The number of nitrogens with one attached hydrogen (secondary N) is 1. The van der Waals surface area contributed by atoms with Crippen LogP contribution in [0.15, 0.2) is 30.7 Å². The maximum absolute atomic E-state index is 13.0. The molecule has 2 aliphatic heterocycles. The normalized spacial score (nSPS) is 20.4. The van der Waals surface area contributed by atoms with Crippen LogP contribution < -0.4 is 10.2 Å². The van der Waals surface area contributed by atoms with Gasteiger partial charge in [-0.3, -0.25) is 4.68 Å². The van der Waals surface area contributed by atoms with Gasteiger partial charge in [-0.25, -0.2) is 9.78 Å². The lowest BCUT2D eigenvalue weighted by Gasteiger charge is -2.35. The topological polar surface area (TPSA) is 79.2 Å². The van der Waals surface area contributed by atoms with E-state index >= 15 is 0 Å². The quantitative estimate of drug-likeness (QED) is 0.911. The van der Waals surface area contributed by atoms with Crippen molar-refractivity contribution in [2.45, 2.75) is 44.7 Å². The summed E-state index contributed by atoms with van der Waals surface area (Å²) in [5, 5.41) is 11.0. The van der Waals surface area contributed by atoms with Crippen molar-refractivity contribution in [3.8, 4) is 0 Å². The SMILES string of the molecule is O=C(Nc1cccnc1N1CCCC1)N1CCCC[C@@H]1Cn1ccnn1. The Morgan fingerprint density at radius 1 is 1.15 bits per heavy atom. The second-order valence-corrected chi connectivity index (χ2v) is 6.97. The molecular formula is C18H25N7O. The first kappa shape index (κ1) is 16.8. The van der Waals surface area contributed by atoms with Gasteiger partial charge in [0.2, 0.25) is 0 Å². The highest BCUT2D eigenvalue weighted by atomic mass is 16.2. The van der Waals surface area contributed by atoms with Gasteiger partial charge in [0.05, 0.1) is 24.5 Å². The molecule has 26 heavy (non-hydrogen) atoms. The number of rotatable bonds is 4. The van der Waals surface area contributed by atoms with E-state index in [2.05, 4.69) is 25.5 Å². The number of carbonyl (C=O) groups is 1. The first-order valence-electron chi connectivity index (χ1n) is 9.43. The largest absolute Gasteiger partial charge is 0.355 e. The predicted molar refractivity (Wildman–Crippen MR) is 99.1 cm³/mol. The molecule has 0 radical (unpaired) electrons. The fourth-order valence-electron chi connectivity index (χ4n) is 3.87. The van der Waals surface area contributed by atoms with Crippen molar-refractivity contribution in [1.82, 2.24) is 24.9 Å². The molecule has 0 spiro atoms. The van der Waals surface area contributed by atoms with E-state index in [1.165, 1.54) is 12.8 Å². The number of likely N-dealkylation sites (tertiary alicyclic amines) is 1. The molecule has 2 aliphatic rings. The number of nitrogens with zero attached hydrogens (tertiary/aromatic N) is 6. The summed E-state index contributed by atoms with van der Waals surface area (Å²) in [6.45, 7) is 3.45. The number of aromatic nitrogens is 4. The van der Waals surface area contributed by atoms with Gasteiger partial charge in [0.25, 0.3) is 0 Å². The maximum Gasteiger partial charge on any atom is 0.322 e. The summed E-state index contributed by atoms with van der Waals surface area (Å²) in [5.74, 6) is 0.878. The van der Waals surface area contributed by atoms with E-state index in [1.54, 1.807) is 17.1 Å². The lowest BCUT2D eigenvalue weighted by Crippen LogP contribution is -2.48. The first-order chi connectivity index (χ1) is 12.8. The zero-order valence-electron chi connectivity index (χ0n) is 14.9. The van der Waals surface area contributed by atoms with Gasteiger partial charge in [-0.2, -0.15) is 0 Å². The third kappa shape index (κ3) is 3.63. The Labute approximate surface area is 153 Å². The molecule has 2 aromatic rings. The van der Waals surface area contributed by atoms with E-state index in [0.29, 0.717) is 6.54 Å². The maximum atomic E-state index is 13.0. The van der Waals surface area contributed by atoms with E-state index in [9.17, 15) is 4.79 Å². The number of amides is 2. The molecular weight excluding hydrogens is 330 g/mol. The zero-order valence-corrected chi connectivity index (χ0v) is 14.9. The van der Waals surface area contributed by atoms with Crippen LogP contribution in [0.2, 0.25) is 0 Å². The molecule has 0 aliphatic carbocycles. The van der Waals surface area contributed by atoms with Crippen molar-refractivity contribution in [2.24, 2.45) is 0 Å². The van der Waals surface area contributed by atoms with Crippen LogP contribution in [0.3, 0.4) is 0 Å². The van der Waals surface area contributed by atoms with E-state index in [0.717, 1.165) is 50.4 Å². The van der Waals surface area contributed by atoms with Crippen molar-refractivity contribution in [3.05, 3.63) is 30.7 Å². The highest BCUT2D eigenvalue weighted by Crippen LogP contribution is 2.27. The molecule has 2 aromatic heterocycles. The minimum absolute atomic E-state index is 0.0525. The van der Waals surface area contributed by atoms with Crippen LogP contribution >= 0.6 is 0 Å². The summed E-state index contributed by atoms with van der Waals surface area (Å²) in [5.41, 5.74) is 0.796. The number of urea groups is 1. The Morgan fingerprint density at radius 2 is 2.00 bits per heavy atom. The zero-order chi connectivity index (χ0) is 17.8. The number of pyridine rings is 1. The van der Waals surface area contributed by atoms with E-state index in [1.807, 2.05) is 23.2 Å². The molecule has 8 nitrogen and oxygen atoms in total. The fourth-order valence-corrected chi connectivity index (χ4v) is 3.87. The average Bonchev–Trinajstić information content (AvgIpc) is 3.36. The van der Waals surface area contributed by atoms with Crippen molar-refractivity contribution >= 4 is 17.5 Å². The number of carbonyl (C=O) groups excluding carboxylic acids is 1. The summed E-state index contributed by atoms with van der Waals surface area (Å²) in [6, 6.07) is 3.90. The first-order valence-corrected chi connectivity index (χ1v) is 9.43. The van der Waals surface area contributed by atoms with Crippen LogP contribution in [-0.4, -0.2) is 56.6 Å². The second-order valence-electron chi connectivity index (χ2n) is 6.97. The van der Waals surface area contributed by atoms with Crippen molar-refractivity contribution in [2.75, 3.05) is 29.9 Å². The van der Waals surface area contributed by atoms with Crippen LogP contribution in [0.5, 0.6) is 0 Å². The van der Waals surface area contributed by atoms with Gasteiger partial charge < -0.3 is 15.1 Å². The second kappa shape index (κ2) is 7.72. The Kier molecular flexibility index (Phi) is 4.99. The number of piperidine rings is 1. The third-order valence-corrected chi connectivity index (χ3v) is 5.19. The summed E-state index contributed by atoms with van der Waals surface area (Å²) in [7, 11) is 0. The van der Waals surface area contributed by atoms with Crippen molar-refractivity contribution in [3.63, 3.8) is 0 Å². The molecule has 0 bridgehead atoms. The van der Waals surface area contributed by atoms with Crippen LogP contribution in [0, 0.1) is 0 Å². The lowest BCUT2D eigenvalue weighted by atomic mass is 10.0. The van der Waals surface area contributed by atoms with Gasteiger partial charge in [0.15, 0.2) is 5.82 Å². The highest BCUT2D eigenvalue weighted by molar-refractivity contribution is 5.92. The van der Waals surface area contributed by atoms with E-state index < -0.39 is 0 Å². The summed E-state index contributed by atoms with van der Waals surface area (Å²) in [4.78, 5) is 21.7. The lowest BCUT2D eigenvalue weighted by molar-refractivity contribution is 0.150. The summed E-state index contributed by atoms with van der Waals surface area (Å²) >= 11 is 0. The van der Waals surface area contributed by atoms with Gasteiger partial charge in [0.1, 0.15) is 0 Å². The molecule has 8 heteroatoms. The van der Waals surface area contributed by atoms with E-state index in [-0.39, 0.29) is 12.1 Å². The Hall–Kier alpha value is -2.64. The van der Waals surface area contributed by atoms with Gasteiger partial charge in [0, 0.05) is 32.0 Å². The predicted octanol–water partition coefficient (Wildman–Crippen LogP) is 2.36. The van der Waals surface area contributed by atoms with Crippen molar-refractivity contribution in [1.29, 1.82) is 0 Å². The van der Waals surface area contributed by atoms with E-state index in [4.69, 9.17) is 0 Å². The minimum Gasteiger partial charge on any atom is -0.355 e. The third-order valence-electron chi connectivity index (χ3n) is 5.19. The minimum atomic E-state index is -0.0525. The van der Waals surface area contributed by atoms with Crippen LogP contribution in [-0.2, 0) is 6.54 Å². The summed E-state index contributed by atoms with van der Waals surface area (Å²) < 4.78 is 1.80. The molecule has 2 saturated heterocycles. The molecule has 0 saturated carbocycles. The average molecular weight is 355 g/mol. The Bertz CT molecular complexity index is 727. The van der Waals surface area contributed by atoms with Crippen LogP contribution in [0.25, 0.3) is 0 Å². The molecule has 1 N–H and O–H groups in total. The molecule has 4 heterocycles. The van der Waals surface area contributed by atoms with Gasteiger partial charge in [-0.05, 0) is 44.2 Å². The van der Waals surface area contributed by atoms with Crippen LogP contribution in [0.1, 0.15) is 32.1 Å². The number of hydrogen-bond donors (Lipinski definition) is 1. The van der Waals surface area contributed by atoms with Gasteiger partial charge in [-0.1, -0.05) is 5.21 Å².